The van der Waals surface area contributed by atoms with Crippen molar-refractivity contribution in [1.29, 1.82) is 0 Å². The zero-order chi connectivity index (χ0) is 15.9. The van der Waals surface area contributed by atoms with Gasteiger partial charge in [-0.3, -0.25) is 10.1 Å². The van der Waals surface area contributed by atoms with Crippen molar-refractivity contribution in [2.45, 2.75) is 13.5 Å². The predicted molar refractivity (Wildman–Crippen MR) is 82.8 cm³/mol. The number of esters is 1. The molecule has 2 aromatic rings. The molecule has 0 saturated carbocycles. The molecular formula is C16H16N2O4. The van der Waals surface area contributed by atoms with Crippen LogP contribution in [0.3, 0.4) is 0 Å². The number of para-hydroxylation sites is 2. The number of nitrogens with zero attached hydrogens (tertiary/aromatic N) is 1. The maximum absolute atomic E-state index is 11.9. The van der Waals surface area contributed by atoms with E-state index in [2.05, 4.69) is 5.32 Å². The van der Waals surface area contributed by atoms with Gasteiger partial charge in [-0.1, -0.05) is 30.3 Å². The fraction of sp³-hybridized carbons (Fsp3) is 0.188. The lowest BCUT2D eigenvalue weighted by molar-refractivity contribution is -0.384. The summed E-state index contributed by atoms with van der Waals surface area (Å²) >= 11 is 0. The molecule has 1 N–H and O–H groups in total. The fourth-order valence-corrected chi connectivity index (χ4v) is 2.06. The first kappa shape index (κ1) is 15.5. The Hall–Kier alpha value is -2.89. The maximum Gasteiger partial charge on any atom is 0.338 e. The molecule has 114 valence electrons. The van der Waals surface area contributed by atoms with E-state index in [1.54, 1.807) is 49.4 Å². The first-order valence-corrected chi connectivity index (χ1v) is 6.85. The van der Waals surface area contributed by atoms with Crippen LogP contribution in [0, 0.1) is 10.1 Å². The third kappa shape index (κ3) is 3.60. The summed E-state index contributed by atoms with van der Waals surface area (Å²) in [7, 11) is 0. The molecule has 22 heavy (non-hydrogen) atoms. The van der Waals surface area contributed by atoms with Crippen LogP contribution in [0.1, 0.15) is 22.8 Å². The van der Waals surface area contributed by atoms with Gasteiger partial charge in [-0.25, -0.2) is 4.79 Å². The lowest BCUT2D eigenvalue weighted by atomic mass is 10.1. The normalized spacial score (nSPS) is 10.0. The summed E-state index contributed by atoms with van der Waals surface area (Å²) in [5.41, 5.74) is 1.58. The van der Waals surface area contributed by atoms with Crippen LogP contribution in [-0.4, -0.2) is 17.5 Å². The smallest absolute Gasteiger partial charge is 0.338 e. The first-order chi connectivity index (χ1) is 10.6. The van der Waals surface area contributed by atoms with Crippen LogP contribution < -0.4 is 5.32 Å². The Labute approximate surface area is 127 Å². The van der Waals surface area contributed by atoms with Crippen LogP contribution in [0.4, 0.5) is 11.4 Å². The largest absolute Gasteiger partial charge is 0.462 e. The van der Waals surface area contributed by atoms with Crippen molar-refractivity contribution in [2.75, 3.05) is 11.9 Å². The average Bonchev–Trinajstić information content (AvgIpc) is 2.53. The summed E-state index contributed by atoms with van der Waals surface area (Å²) < 4.78 is 5.01. The molecule has 2 aromatic carbocycles. The molecule has 0 unspecified atom stereocenters. The third-order valence-electron chi connectivity index (χ3n) is 3.08. The molecule has 0 aliphatic rings. The van der Waals surface area contributed by atoms with Crippen LogP contribution in [0.5, 0.6) is 0 Å². The minimum absolute atomic E-state index is 0.00360. The fourth-order valence-electron chi connectivity index (χ4n) is 2.06. The Balaban J connectivity index is 2.19. The number of hydrogen-bond acceptors (Lipinski definition) is 5. The summed E-state index contributed by atoms with van der Waals surface area (Å²) in [6.07, 6.45) is 0. The average molecular weight is 300 g/mol. The topological polar surface area (TPSA) is 81.5 Å². The van der Waals surface area contributed by atoms with Crippen molar-refractivity contribution in [2.24, 2.45) is 0 Å². The van der Waals surface area contributed by atoms with Gasteiger partial charge in [0.1, 0.15) is 5.69 Å². The van der Waals surface area contributed by atoms with Gasteiger partial charge in [0.15, 0.2) is 0 Å². The van der Waals surface area contributed by atoms with Gasteiger partial charge in [-0.15, -0.1) is 0 Å². The van der Waals surface area contributed by atoms with E-state index in [4.69, 9.17) is 4.74 Å². The Morgan fingerprint density at radius 1 is 1.18 bits per heavy atom. The second-order valence-electron chi connectivity index (χ2n) is 4.51. The summed E-state index contributed by atoms with van der Waals surface area (Å²) in [5.74, 6) is -0.400. The van der Waals surface area contributed by atoms with E-state index < -0.39 is 10.9 Å². The highest BCUT2D eigenvalue weighted by atomic mass is 16.6. The van der Waals surface area contributed by atoms with E-state index in [-0.39, 0.29) is 5.69 Å². The molecular weight excluding hydrogens is 284 g/mol. The van der Waals surface area contributed by atoms with Gasteiger partial charge in [-0.2, -0.15) is 0 Å². The molecule has 2 rings (SSSR count). The van der Waals surface area contributed by atoms with Gasteiger partial charge >= 0.3 is 5.97 Å². The highest BCUT2D eigenvalue weighted by molar-refractivity contribution is 5.91. The minimum atomic E-state index is -0.445. The molecule has 0 bridgehead atoms. The zero-order valence-electron chi connectivity index (χ0n) is 12.1. The predicted octanol–water partition coefficient (Wildman–Crippen LogP) is 3.38. The number of ether oxygens (including phenoxy) is 1. The molecule has 0 spiro atoms. The van der Waals surface area contributed by atoms with Crippen molar-refractivity contribution < 1.29 is 14.5 Å². The summed E-state index contributed by atoms with van der Waals surface area (Å²) in [6, 6.07) is 13.4. The SMILES string of the molecule is CCOC(=O)c1ccccc1CNc1ccccc1[N+](=O)[O-]. The van der Waals surface area contributed by atoms with Crippen molar-refractivity contribution in [3.8, 4) is 0 Å². The van der Waals surface area contributed by atoms with E-state index in [0.717, 1.165) is 5.56 Å². The number of nitrogens with one attached hydrogen (secondary N) is 1. The number of benzene rings is 2. The number of carbonyl (C=O) groups excluding carboxylic acids is 1. The molecule has 0 radical (unpaired) electrons. The van der Waals surface area contributed by atoms with Gasteiger partial charge in [0, 0.05) is 12.6 Å². The van der Waals surface area contributed by atoms with E-state index in [9.17, 15) is 14.9 Å². The standard InChI is InChI=1S/C16H16N2O4/c1-2-22-16(19)13-8-4-3-7-12(13)11-17-14-9-5-6-10-15(14)18(20)21/h3-10,17H,2,11H2,1H3. The highest BCUT2D eigenvalue weighted by Crippen LogP contribution is 2.24. The highest BCUT2D eigenvalue weighted by Gasteiger charge is 2.14. The van der Waals surface area contributed by atoms with Crippen LogP contribution in [0.25, 0.3) is 0 Å². The minimum Gasteiger partial charge on any atom is -0.462 e. The Bertz CT molecular complexity index is 685. The summed E-state index contributed by atoms with van der Waals surface area (Å²) in [4.78, 5) is 22.4. The molecule has 6 nitrogen and oxygen atoms in total. The van der Waals surface area contributed by atoms with Crippen molar-refractivity contribution in [3.05, 3.63) is 69.8 Å². The van der Waals surface area contributed by atoms with Gasteiger partial charge in [0.2, 0.25) is 0 Å². The number of rotatable bonds is 6. The van der Waals surface area contributed by atoms with Crippen LogP contribution >= 0.6 is 0 Å². The third-order valence-corrected chi connectivity index (χ3v) is 3.08. The van der Waals surface area contributed by atoms with E-state index in [1.807, 2.05) is 0 Å². The van der Waals surface area contributed by atoms with Crippen LogP contribution in [-0.2, 0) is 11.3 Å². The number of nitro groups is 1. The second kappa shape index (κ2) is 7.21. The lowest BCUT2D eigenvalue weighted by Crippen LogP contribution is -2.11. The van der Waals surface area contributed by atoms with Crippen LogP contribution in [0.15, 0.2) is 48.5 Å². The lowest BCUT2D eigenvalue weighted by Gasteiger charge is -2.11. The zero-order valence-corrected chi connectivity index (χ0v) is 12.1. The molecule has 0 atom stereocenters. The Morgan fingerprint density at radius 3 is 2.59 bits per heavy atom. The molecule has 6 heteroatoms. The van der Waals surface area contributed by atoms with E-state index >= 15 is 0 Å². The molecule has 0 fully saturated rings. The molecule has 0 aliphatic carbocycles. The van der Waals surface area contributed by atoms with Crippen molar-refractivity contribution in [1.82, 2.24) is 0 Å². The second-order valence-corrected chi connectivity index (χ2v) is 4.51. The van der Waals surface area contributed by atoms with Crippen molar-refractivity contribution >= 4 is 17.3 Å². The molecule has 0 saturated heterocycles. The maximum atomic E-state index is 11.9. The molecule has 0 amide bonds. The number of hydrogen-bond donors (Lipinski definition) is 1. The number of nitro benzene ring substituents is 1. The Kier molecular flexibility index (Phi) is 5.08. The van der Waals surface area contributed by atoms with Gasteiger partial charge in [-0.05, 0) is 24.6 Å². The van der Waals surface area contributed by atoms with E-state index in [0.29, 0.717) is 24.4 Å². The molecule has 0 heterocycles. The Morgan fingerprint density at radius 2 is 1.86 bits per heavy atom. The monoisotopic (exact) mass is 300 g/mol. The first-order valence-electron chi connectivity index (χ1n) is 6.85. The van der Waals surface area contributed by atoms with Crippen molar-refractivity contribution in [3.63, 3.8) is 0 Å². The van der Waals surface area contributed by atoms with Crippen LogP contribution in [0.2, 0.25) is 0 Å². The van der Waals surface area contributed by atoms with Gasteiger partial charge in [0.25, 0.3) is 5.69 Å². The number of anilines is 1. The molecule has 0 aliphatic heterocycles. The number of carbonyl (C=O) groups is 1. The quantitative estimate of drug-likeness (QED) is 0.502. The summed E-state index contributed by atoms with van der Waals surface area (Å²) in [5, 5.41) is 14.0. The molecule has 0 aromatic heterocycles. The van der Waals surface area contributed by atoms with E-state index in [1.165, 1.54) is 6.07 Å². The van der Waals surface area contributed by atoms with Gasteiger partial charge < -0.3 is 10.1 Å². The van der Waals surface area contributed by atoms with Gasteiger partial charge in [0.05, 0.1) is 17.1 Å². The summed E-state index contributed by atoms with van der Waals surface area (Å²) in [6.45, 7) is 2.33.